The highest BCUT2D eigenvalue weighted by atomic mass is 79.9. The lowest BCUT2D eigenvalue weighted by Gasteiger charge is -2.22. The predicted octanol–water partition coefficient (Wildman–Crippen LogP) is 2.79. The number of H-pyrrole nitrogens is 1. The molecule has 3 rings (SSSR count). The van der Waals surface area contributed by atoms with Gasteiger partial charge in [0.05, 0.1) is 21.9 Å². The van der Waals surface area contributed by atoms with Crippen molar-refractivity contribution in [2.75, 3.05) is 12.4 Å². The number of anilines is 1. The molecule has 2 aromatic rings. The van der Waals surface area contributed by atoms with Crippen molar-refractivity contribution in [2.45, 2.75) is 31.7 Å². The Bertz CT molecular complexity index is 876. The topological polar surface area (TPSA) is 113 Å². The molecule has 27 heavy (non-hydrogen) atoms. The summed E-state index contributed by atoms with van der Waals surface area (Å²) in [6.45, 7) is 0. The van der Waals surface area contributed by atoms with Crippen LogP contribution in [0.5, 0.6) is 0 Å². The summed E-state index contributed by atoms with van der Waals surface area (Å²) in [4.78, 5) is 43.7. The Balaban J connectivity index is 1.59. The maximum Gasteiger partial charge on any atom is 0.315 e. The number of amides is 2. The standard InChI is InChI=1S/C16H16Br2N4O4S/c1-26-13(24)6-12(23)22-16-21-9-3-2-7(4-11(9)27-16)19-15(25)10-5-8(17)14(18)20-10/h5,7,20H,2-4,6H2,1H3,(H,19,25)(H,21,22,23)/t7-/m0/s1. The minimum absolute atomic E-state index is 0.00933. The van der Waals surface area contributed by atoms with Crippen LogP contribution in [0.25, 0.3) is 0 Å². The fraction of sp³-hybridized carbons (Fsp3) is 0.375. The molecule has 0 saturated heterocycles. The Morgan fingerprint density at radius 1 is 1.41 bits per heavy atom. The number of fused-ring (bicyclic) bond motifs is 1. The normalized spacial score (nSPS) is 15.7. The number of carbonyl (C=O) groups excluding carboxylic acids is 3. The van der Waals surface area contributed by atoms with Gasteiger partial charge in [-0.3, -0.25) is 14.4 Å². The number of nitrogens with one attached hydrogen (secondary N) is 3. The summed E-state index contributed by atoms with van der Waals surface area (Å²) >= 11 is 8.03. The molecule has 0 aliphatic heterocycles. The Labute approximate surface area is 175 Å². The fourth-order valence-electron chi connectivity index (χ4n) is 2.71. The Kier molecular flexibility index (Phi) is 6.33. The molecule has 0 spiro atoms. The molecule has 2 heterocycles. The minimum Gasteiger partial charge on any atom is -0.469 e. The highest BCUT2D eigenvalue weighted by Gasteiger charge is 2.25. The number of halogens is 2. The van der Waals surface area contributed by atoms with Crippen LogP contribution in [-0.4, -0.2) is 40.9 Å². The number of nitrogens with zero attached hydrogens (tertiary/aromatic N) is 1. The largest absolute Gasteiger partial charge is 0.469 e. The molecule has 2 aromatic heterocycles. The van der Waals surface area contributed by atoms with Crippen LogP contribution in [0.2, 0.25) is 0 Å². The predicted molar refractivity (Wildman–Crippen MR) is 107 cm³/mol. The SMILES string of the molecule is COC(=O)CC(=O)Nc1nc2c(s1)C[C@@H](NC(=O)c1cc(Br)c(Br)[nH]1)CC2. The van der Waals surface area contributed by atoms with Crippen molar-refractivity contribution < 1.29 is 19.1 Å². The van der Waals surface area contributed by atoms with Gasteiger partial charge in [-0.25, -0.2) is 4.98 Å². The molecule has 3 N–H and O–H groups in total. The van der Waals surface area contributed by atoms with Gasteiger partial charge in [-0.05, 0) is 50.8 Å². The van der Waals surface area contributed by atoms with Gasteiger partial charge in [-0.1, -0.05) is 0 Å². The van der Waals surface area contributed by atoms with Crippen molar-refractivity contribution >= 4 is 66.1 Å². The van der Waals surface area contributed by atoms with Gasteiger partial charge < -0.3 is 20.4 Å². The van der Waals surface area contributed by atoms with Crippen LogP contribution >= 0.6 is 43.2 Å². The molecule has 1 aliphatic carbocycles. The zero-order valence-corrected chi connectivity index (χ0v) is 18.2. The monoisotopic (exact) mass is 518 g/mol. The molecule has 0 saturated carbocycles. The van der Waals surface area contributed by atoms with E-state index >= 15 is 0 Å². The van der Waals surface area contributed by atoms with Gasteiger partial charge in [0.25, 0.3) is 5.91 Å². The number of thiazole rings is 1. The number of ether oxygens (including phenoxy) is 1. The maximum absolute atomic E-state index is 12.4. The number of methoxy groups -OCH3 is 1. The van der Waals surface area contributed by atoms with E-state index in [1.165, 1.54) is 18.4 Å². The molecule has 0 fully saturated rings. The first-order chi connectivity index (χ1) is 12.9. The molecule has 0 radical (unpaired) electrons. The van der Waals surface area contributed by atoms with E-state index in [0.29, 0.717) is 28.3 Å². The van der Waals surface area contributed by atoms with Crippen molar-refractivity contribution in [2.24, 2.45) is 0 Å². The van der Waals surface area contributed by atoms with Crippen LogP contribution in [0.15, 0.2) is 15.1 Å². The molecule has 2 amide bonds. The molecule has 144 valence electrons. The third kappa shape index (κ3) is 4.96. The van der Waals surface area contributed by atoms with Gasteiger partial charge in [-0.2, -0.15) is 0 Å². The quantitative estimate of drug-likeness (QED) is 0.415. The van der Waals surface area contributed by atoms with Gasteiger partial charge in [0.2, 0.25) is 5.91 Å². The van der Waals surface area contributed by atoms with Crippen molar-refractivity contribution in [3.05, 3.63) is 31.4 Å². The van der Waals surface area contributed by atoms with Gasteiger partial charge in [0.15, 0.2) is 5.13 Å². The molecule has 1 aliphatic rings. The van der Waals surface area contributed by atoms with Crippen LogP contribution in [0.3, 0.4) is 0 Å². The highest BCUT2D eigenvalue weighted by molar-refractivity contribution is 9.13. The molecule has 0 unspecified atom stereocenters. The van der Waals surface area contributed by atoms with E-state index in [2.05, 4.69) is 57.2 Å². The van der Waals surface area contributed by atoms with E-state index < -0.39 is 11.9 Å². The van der Waals surface area contributed by atoms with Crippen molar-refractivity contribution in [1.82, 2.24) is 15.3 Å². The van der Waals surface area contributed by atoms with Crippen LogP contribution < -0.4 is 10.6 Å². The fourth-order valence-corrected chi connectivity index (χ4v) is 4.47. The molecular formula is C16H16Br2N4O4S. The maximum atomic E-state index is 12.4. The second-order valence-corrected chi connectivity index (χ2v) is 8.68. The Morgan fingerprint density at radius 2 is 2.19 bits per heavy atom. The lowest BCUT2D eigenvalue weighted by atomic mass is 9.97. The zero-order valence-electron chi connectivity index (χ0n) is 14.2. The number of hydrogen-bond acceptors (Lipinski definition) is 6. The summed E-state index contributed by atoms with van der Waals surface area (Å²) in [6, 6.07) is 1.71. The molecule has 0 bridgehead atoms. The first-order valence-electron chi connectivity index (χ1n) is 8.05. The zero-order chi connectivity index (χ0) is 19.6. The van der Waals surface area contributed by atoms with Gasteiger partial charge in [0, 0.05) is 17.3 Å². The lowest BCUT2D eigenvalue weighted by Crippen LogP contribution is -2.38. The first kappa shape index (κ1) is 20.0. The van der Waals surface area contributed by atoms with Crippen LogP contribution in [0.4, 0.5) is 5.13 Å². The molecule has 11 heteroatoms. The summed E-state index contributed by atoms with van der Waals surface area (Å²) < 4.78 is 5.97. The number of aromatic amines is 1. The van der Waals surface area contributed by atoms with Crippen LogP contribution in [0, 0.1) is 0 Å². The second kappa shape index (κ2) is 8.53. The van der Waals surface area contributed by atoms with Gasteiger partial charge in [-0.15, -0.1) is 11.3 Å². The van der Waals surface area contributed by atoms with Gasteiger partial charge >= 0.3 is 5.97 Å². The van der Waals surface area contributed by atoms with E-state index in [1.54, 1.807) is 6.07 Å². The van der Waals surface area contributed by atoms with E-state index in [-0.39, 0.29) is 18.4 Å². The van der Waals surface area contributed by atoms with Crippen LogP contribution in [-0.2, 0) is 27.2 Å². The average molecular weight is 520 g/mol. The number of aromatic nitrogens is 2. The smallest absolute Gasteiger partial charge is 0.315 e. The average Bonchev–Trinajstić information content (AvgIpc) is 3.16. The van der Waals surface area contributed by atoms with E-state index in [0.717, 1.165) is 21.5 Å². The van der Waals surface area contributed by atoms with Crippen molar-refractivity contribution in [1.29, 1.82) is 0 Å². The van der Waals surface area contributed by atoms with Crippen molar-refractivity contribution in [3.8, 4) is 0 Å². The number of hydrogen-bond donors (Lipinski definition) is 3. The second-order valence-electron chi connectivity index (χ2n) is 5.95. The van der Waals surface area contributed by atoms with Gasteiger partial charge in [0.1, 0.15) is 12.1 Å². The number of rotatable bonds is 5. The molecule has 8 nitrogen and oxygen atoms in total. The van der Waals surface area contributed by atoms with E-state index in [9.17, 15) is 14.4 Å². The molecular weight excluding hydrogens is 504 g/mol. The summed E-state index contributed by atoms with van der Waals surface area (Å²) in [5.41, 5.74) is 1.39. The lowest BCUT2D eigenvalue weighted by molar-refractivity contribution is -0.142. The van der Waals surface area contributed by atoms with Crippen LogP contribution in [0.1, 0.15) is 33.9 Å². The molecule has 0 aromatic carbocycles. The Morgan fingerprint density at radius 3 is 2.85 bits per heavy atom. The number of esters is 1. The Hall–Kier alpha value is -1.72. The summed E-state index contributed by atoms with van der Waals surface area (Å²) in [5, 5.41) is 6.10. The third-order valence-corrected chi connectivity index (χ3v) is 6.84. The van der Waals surface area contributed by atoms with Crippen molar-refractivity contribution in [3.63, 3.8) is 0 Å². The summed E-state index contributed by atoms with van der Waals surface area (Å²) in [7, 11) is 1.23. The number of carbonyl (C=O) groups is 3. The highest BCUT2D eigenvalue weighted by Crippen LogP contribution is 2.30. The van der Waals surface area contributed by atoms with E-state index in [4.69, 9.17) is 0 Å². The minimum atomic E-state index is -0.598. The molecule has 1 atom stereocenters. The number of aryl methyl sites for hydroxylation is 1. The van der Waals surface area contributed by atoms with E-state index in [1.807, 2.05) is 0 Å². The summed E-state index contributed by atoms with van der Waals surface area (Å²) in [6.07, 6.45) is 1.78. The summed E-state index contributed by atoms with van der Waals surface area (Å²) in [5.74, 6) is -1.23. The first-order valence-corrected chi connectivity index (χ1v) is 10.5. The third-order valence-electron chi connectivity index (χ3n) is 4.02.